The number of Topliss-reactive ketones (excluding diaryl/α,β-unsaturated/α-hetero) is 1. The molecule has 2 aromatic rings. The van der Waals surface area contributed by atoms with Gasteiger partial charge >= 0.3 is 5.97 Å². The third-order valence-corrected chi connectivity index (χ3v) is 3.64. The van der Waals surface area contributed by atoms with Crippen LogP contribution in [0, 0.1) is 5.92 Å². The molecule has 0 bridgehead atoms. The van der Waals surface area contributed by atoms with Crippen LogP contribution >= 0.6 is 11.3 Å². The van der Waals surface area contributed by atoms with Crippen molar-refractivity contribution in [2.75, 3.05) is 0 Å². The molecule has 0 aliphatic carbocycles. The second-order valence-corrected chi connectivity index (χ2v) is 4.92. The van der Waals surface area contributed by atoms with Crippen LogP contribution < -0.4 is 0 Å². The van der Waals surface area contributed by atoms with E-state index < -0.39 is 11.9 Å². The number of hydrogen-bond donors (Lipinski definition) is 1. The first kappa shape index (κ1) is 11.8. The summed E-state index contributed by atoms with van der Waals surface area (Å²) in [6.07, 6.45) is -0.122. The number of benzene rings is 1. The number of thiophene rings is 1. The SMILES string of the molecule is CC(CC(=O)O)C(=O)c1csc2ccccc12. The van der Waals surface area contributed by atoms with Gasteiger partial charge in [0.1, 0.15) is 0 Å². The molecule has 0 amide bonds. The second-order valence-electron chi connectivity index (χ2n) is 4.01. The number of ketones is 1. The van der Waals surface area contributed by atoms with Gasteiger partial charge in [-0.3, -0.25) is 9.59 Å². The van der Waals surface area contributed by atoms with Crippen LogP contribution in [0.25, 0.3) is 10.1 Å². The number of hydrogen-bond acceptors (Lipinski definition) is 3. The van der Waals surface area contributed by atoms with Crippen LogP contribution in [0.15, 0.2) is 29.6 Å². The van der Waals surface area contributed by atoms with Crippen molar-refractivity contribution >= 4 is 33.2 Å². The molecule has 0 saturated heterocycles. The Bertz CT molecular complexity index is 571. The standard InChI is InChI=1S/C13H12O3S/c1-8(6-12(14)15)13(16)10-7-17-11-5-3-2-4-9(10)11/h2-5,7-8H,6H2,1H3,(H,14,15). The summed E-state index contributed by atoms with van der Waals surface area (Å²) in [5.74, 6) is -1.51. The Hall–Kier alpha value is -1.68. The number of rotatable bonds is 4. The molecule has 0 spiro atoms. The zero-order valence-electron chi connectivity index (χ0n) is 9.34. The lowest BCUT2D eigenvalue weighted by Crippen LogP contribution is -2.15. The van der Waals surface area contributed by atoms with E-state index in [1.165, 1.54) is 11.3 Å². The summed E-state index contributed by atoms with van der Waals surface area (Å²) in [7, 11) is 0. The molecule has 1 N–H and O–H groups in total. The lowest BCUT2D eigenvalue weighted by Gasteiger charge is -2.06. The van der Waals surface area contributed by atoms with E-state index in [0.717, 1.165) is 10.1 Å². The molecule has 88 valence electrons. The number of aliphatic carboxylic acids is 1. The molecule has 2 rings (SSSR count). The minimum Gasteiger partial charge on any atom is -0.481 e. The van der Waals surface area contributed by atoms with Crippen molar-refractivity contribution in [3.63, 3.8) is 0 Å². The molecule has 0 aliphatic rings. The molecule has 1 unspecified atom stereocenters. The normalized spacial score (nSPS) is 12.5. The summed E-state index contributed by atoms with van der Waals surface area (Å²) < 4.78 is 1.05. The Balaban J connectivity index is 2.33. The smallest absolute Gasteiger partial charge is 0.304 e. The van der Waals surface area contributed by atoms with E-state index in [2.05, 4.69) is 0 Å². The number of carboxylic acid groups (broad SMARTS) is 1. The largest absolute Gasteiger partial charge is 0.481 e. The van der Waals surface area contributed by atoms with Crippen LogP contribution in [0.5, 0.6) is 0 Å². The minimum absolute atomic E-state index is 0.0927. The molecule has 1 aromatic carbocycles. The van der Waals surface area contributed by atoms with E-state index in [4.69, 9.17) is 5.11 Å². The van der Waals surface area contributed by atoms with E-state index in [1.54, 1.807) is 6.92 Å². The van der Waals surface area contributed by atoms with Crippen LogP contribution in [0.2, 0.25) is 0 Å². The fourth-order valence-corrected chi connectivity index (χ4v) is 2.74. The van der Waals surface area contributed by atoms with Crippen LogP contribution in [-0.2, 0) is 4.79 Å². The first-order valence-corrected chi connectivity index (χ1v) is 6.20. The molecular weight excluding hydrogens is 236 g/mol. The maximum absolute atomic E-state index is 12.1. The van der Waals surface area contributed by atoms with Gasteiger partial charge in [0.05, 0.1) is 6.42 Å². The fraction of sp³-hybridized carbons (Fsp3) is 0.231. The topological polar surface area (TPSA) is 54.4 Å². The highest BCUT2D eigenvalue weighted by molar-refractivity contribution is 7.17. The predicted octanol–water partition coefficient (Wildman–Crippen LogP) is 3.19. The van der Waals surface area contributed by atoms with Gasteiger partial charge in [0.15, 0.2) is 5.78 Å². The zero-order valence-corrected chi connectivity index (χ0v) is 10.2. The molecule has 4 heteroatoms. The molecule has 0 saturated carbocycles. The van der Waals surface area contributed by atoms with Crippen molar-refractivity contribution in [3.05, 3.63) is 35.2 Å². The van der Waals surface area contributed by atoms with Crippen molar-refractivity contribution in [2.24, 2.45) is 5.92 Å². The minimum atomic E-state index is -0.939. The molecule has 0 fully saturated rings. The van der Waals surface area contributed by atoms with Gasteiger partial charge in [-0.15, -0.1) is 11.3 Å². The average Bonchev–Trinajstić information content (AvgIpc) is 2.70. The first-order chi connectivity index (χ1) is 8.09. The molecule has 1 heterocycles. The number of carbonyl (C=O) groups excluding carboxylic acids is 1. The van der Waals surface area contributed by atoms with E-state index >= 15 is 0 Å². The summed E-state index contributed by atoms with van der Waals surface area (Å²) in [4.78, 5) is 22.7. The van der Waals surface area contributed by atoms with Gasteiger partial charge in [0.2, 0.25) is 0 Å². The molecule has 0 radical (unpaired) electrons. The number of carboxylic acids is 1. The predicted molar refractivity (Wildman–Crippen MR) is 67.6 cm³/mol. The summed E-state index contributed by atoms with van der Waals surface area (Å²) in [6.45, 7) is 1.66. The summed E-state index contributed by atoms with van der Waals surface area (Å²) in [5.41, 5.74) is 0.638. The highest BCUT2D eigenvalue weighted by Gasteiger charge is 2.20. The van der Waals surface area contributed by atoms with Gasteiger partial charge in [-0.1, -0.05) is 25.1 Å². The van der Waals surface area contributed by atoms with Crippen LogP contribution in [0.3, 0.4) is 0 Å². The van der Waals surface area contributed by atoms with E-state index in [1.807, 2.05) is 29.6 Å². The van der Waals surface area contributed by atoms with Gasteiger partial charge in [-0.05, 0) is 6.07 Å². The Labute approximate surface area is 103 Å². The van der Waals surface area contributed by atoms with Gasteiger partial charge in [-0.25, -0.2) is 0 Å². The van der Waals surface area contributed by atoms with Crippen molar-refractivity contribution in [1.82, 2.24) is 0 Å². The number of fused-ring (bicyclic) bond motifs is 1. The van der Waals surface area contributed by atoms with Gasteiger partial charge in [0, 0.05) is 26.9 Å². The van der Waals surface area contributed by atoms with Crippen molar-refractivity contribution in [1.29, 1.82) is 0 Å². The molecule has 0 aliphatic heterocycles. The van der Waals surface area contributed by atoms with Crippen LogP contribution in [0.4, 0.5) is 0 Å². The maximum atomic E-state index is 12.1. The lowest BCUT2D eigenvalue weighted by atomic mass is 9.96. The molecule has 17 heavy (non-hydrogen) atoms. The Morgan fingerprint density at radius 2 is 2.06 bits per heavy atom. The Morgan fingerprint density at radius 3 is 2.76 bits per heavy atom. The van der Waals surface area contributed by atoms with E-state index in [9.17, 15) is 9.59 Å². The van der Waals surface area contributed by atoms with Crippen LogP contribution in [0.1, 0.15) is 23.7 Å². The fourth-order valence-electron chi connectivity index (χ4n) is 1.79. The third kappa shape index (κ3) is 2.36. The Kier molecular flexibility index (Phi) is 3.24. The van der Waals surface area contributed by atoms with Crippen molar-refractivity contribution in [3.8, 4) is 0 Å². The highest BCUT2D eigenvalue weighted by Crippen LogP contribution is 2.28. The Morgan fingerprint density at radius 1 is 1.35 bits per heavy atom. The van der Waals surface area contributed by atoms with E-state index in [-0.39, 0.29) is 12.2 Å². The third-order valence-electron chi connectivity index (χ3n) is 2.67. The second kappa shape index (κ2) is 4.67. The quantitative estimate of drug-likeness (QED) is 0.845. The zero-order chi connectivity index (χ0) is 12.4. The number of carbonyl (C=O) groups is 2. The van der Waals surface area contributed by atoms with Crippen LogP contribution in [-0.4, -0.2) is 16.9 Å². The lowest BCUT2D eigenvalue weighted by molar-refractivity contribution is -0.137. The molecule has 1 aromatic heterocycles. The van der Waals surface area contributed by atoms with E-state index in [0.29, 0.717) is 5.56 Å². The maximum Gasteiger partial charge on any atom is 0.304 e. The summed E-state index contributed by atoms with van der Waals surface area (Å²) in [6, 6.07) is 7.66. The molecule has 3 nitrogen and oxygen atoms in total. The van der Waals surface area contributed by atoms with Crippen molar-refractivity contribution < 1.29 is 14.7 Å². The van der Waals surface area contributed by atoms with Crippen molar-refractivity contribution in [2.45, 2.75) is 13.3 Å². The highest BCUT2D eigenvalue weighted by atomic mass is 32.1. The first-order valence-electron chi connectivity index (χ1n) is 5.32. The summed E-state index contributed by atoms with van der Waals surface area (Å²) in [5, 5.41) is 11.4. The summed E-state index contributed by atoms with van der Waals surface area (Å²) >= 11 is 1.51. The van der Waals surface area contributed by atoms with Gasteiger partial charge < -0.3 is 5.11 Å². The molecular formula is C13H12O3S. The monoisotopic (exact) mass is 248 g/mol. The van der Waals surface area contributed by atoms with Gasteiger partial charge in [0.25, 0.3) is 0 Å². The van der Waals surface area contributed by atoms with Gasteiger partial charge in [-0.2, -0.15) is 0 Å². The average molecular weight is 248 g/mol. The molecule has 1 atom stereocenters.